The van der Waals surface area contributed by atoms with Crippen molar-refractivity contribution in [3.8, 4) is 0 Å². The molecule has 3 N–H and O–H groups in total. The van der Waals surface area contributed by atoms with Gasteiger partial charge in [-0.1, -0.05) is 40.9 Å². The molecule has 0 aliphatic carbocycles. The van der Waals surface area contributed by atoms with Crippen LogP contribution in [0, 0.1) is 0 Å². The minimum Gasteiger partial charge on any atom is -0.369 e. The number of carbonyl (C=O) groups is 2. The average molecular weight is 567 g/mol. The number of carbonyl (C=O) groups excluding carboxylic acids is 2. The molecular weight excluding hydrogens is 554 g/mol. The number of rotatable bonds is 7. The smallest absolute Gasteiger partial charge is 0.369 e. The summed E-state index contributed by atoms with van der Waals surface area (Å²) in [7, 11) is -4.66. The van der Waals surface area contributed by atoms with Crippen LogP contribution in [0.15, 0.2) is 53.6 Å². The number of primary amides is 1. The number of halogens is 6. The molecule has 0 saturated carbocycles. The molecule has 0 aliphatic heterocycles. The highest BCUT2D eigenvalue weighted by Crippen LogP contribution is 2.36. The quantitative estimate of drug-likeness (QED) is 0.385. The lowest BCUT2D eigenvalue weighted by Gasteiger charge is -2.15. The first-order chi connectivity index (χ1) is 16.2. The topological polar surface area (TPSA) is 119 Å². The summed E-state index contributed by atoms with van der Waals surface area (Å²) in [6, 6.07) is 7.17. The van der Waals surface area contributed by atoms with Gasteiger partial charge >= 0.3 is 6.18 Å². The van der Waals surface area contributed by atoms with Crippen molar-refractivity contribution in [1.29, 1.82) is 0 Å². The number of amides is 1. The molecule has 3 rings (SSSR count). The molecule has 0 fully saturated rings. The first kappa shape index (κ1) is 26.7. The van der Waals surface area contributed by atoms with Gasteiger partial charge in [0.15, 0.2) is 0 Å². The van der Waals surface area contributed by atoms with Crippen LogP contribution in [0.25, 0.3) is 0 Å². The Morgan fingerprint density at radius 3 is 2.29 bits per heavy atom. The molecule has 0 bridgehead atoms. The molecule has 7 nitrogen and oxygen atoms in total. The van der Waals surface area contributed by atoms with Crippen LogP contribution < -0.4 is 10.5 Å². The molecule has 1 heterocycles. The highest BCUT2D eigenvalue weighted by atomic mass is 35.5. The lowest BCUT2D eigenvalue weighted by Crippen LogP contribution is -2.18. The Bertz CT molecular complexity index is 1450. The summed E-state index contributed by atoms with van der Waals surface area (Å²) in [5.41, 5.74) is 3.20. The Morgan fingerprint density at radius 2 is 1.66 bits per heavy atom. The number of anilines is 1. The Labute approximate surface area is 212 Å². The Kier molecular flexibility index (Phi) is 7.65. The summed E-state index contributed by atoms with van der Waals surface area (Å²) in [6.45, 7) is 0. The number of nitrogens with one attached hydrogen (secondary N) is 1. The molecule has 0 saturated heterocycles. The number of nitrogens with zero attached hydrogens (tertiary/aromatic N) is 1. The monoisotopic (exact) mass is 565 g/mol. The summed E-state index contributed by atoms with van der Waals surface area (Å²) in [4.78, 5) is 27.5. The van der Waals surface area contributed by atoms with E-state index in [1.54, 1.807) is 0 Å². The fourth-order valence-electron chi connectivity index (χ4n) is 2.98. The van der Waals surface area contributed by atoms with E-state index < -0.39 is 54.8 Å². The lowest BCUT2D eigenvalue weighted by molar-refractivity contribution is -0.137. The van der Waals surface area contributed by atoms with Gasteiger partial charge in [-0.3, -0.25) is 14.3 Å². The maximum atomic E-state index is 13.2. The van der Waals surface area contributed by atoms with Crippen molar-refractivity contribution >= 4 is 62.2 Å². The van der Waals surface area contributed by atoms with Crippen LogP contribution in [0.2, 0.25) is 15.1 Å². The number of alkyl halides is 3. The van der Waals surface area contributed by atoms with Gasteiger partial charge in [0.1, 0.15) is 5.69 Å². The van der Waals surface area contributed by atoms with Gasteiger partial charge in [0.05, 0.1) is 37.6 Å². The van der Waals surface area contributed by atoms with Gasteiger partial charge in [0, 0.05) is 11.8 Å². The lowest BCUT2D eigenvalue weighted by atomic mass is 10.0. The fraction of sp³-hybridized carbons (Fsp3) is 0.0952. The first-order valence-corrected chi connectivity index (χ1v) is 12.0. The van der Waals surface area contributed by atoms with Gasteiger partial charge in [-0.05, 0) is 42.0 Å². The summed E-state index contributed by atoms with van der Waals surface area (Å²) < 4.78 is 67.4. The molecule has 1 aromatic heterocycles. The number of benzene rings is 2. The third-order valence-electron chi connectivity index (χ3n) is 4.52. The highest BCUT2D eigenvalue weighted by Gasteiger charge is 2.35. The molecular formula is C21H13Cl3F3N3O4S. The third kappa shape index (κ3) is 6.23. The van der Waals surface area contributed by atoms with Crippen LogP contribution in [0.4, 0.5) is 18.9 Å². The number of pyridine rings is 1. The number of sulfonamides is 1. The van der Waals surface area contributed by atoms with E-state index in [-0.39, 0.29) is 22.0 Å². The minimum atomic E-state index is -4.91. The van der Waals surface area contributed by atoms with Gasteiger partial charge in [-0.2, -0.15) is 13.2 Å². The van der Waals surface area contributed by atoms with E-state index in [9.17, 15) is 31.2 Å². The first-order valence-electron chi connectivity index (χ1n) is 9.35. The number of nitrogens with two attached hydrogens (primary N) is 1. The molecule has 2 aromatic carbocycles. The third-order valence-corrected chi connectivity index (χ3v) is 6.75. The van der Waals surface area contributed by atoms with E-state index in [0.717, 1.165) is 24.4 Å². The largest absolute Gasteiger partial charge is 0.417 e. The van der Waals surface area contributed by atoms with E-state index in [1.165, 1.54) is 18.2 Å². The molecule has 0 atom stereocenters. The zero-order valence-electron chi connectivity index (χ0n) is 17.2. The Hall–Kier alpha value is -2.86. The second kappa shape index (κ2) is 10.0. The van der Waals surface area contributed by atoms with Gasteiger partial charge in [-0.15, -0.1) is 0 Å². The van der Waals surface area contributed by atoms with Gasteiger partial charge < -0.3 is 5.73 Å². The zero-order valence-corrected chi connectivity index (χ0v) is 20.2. The molecule has 0 aliphatic rings. The van der Waals surface area contributed by atoms with Crippen molar-refractivity contribution in [3.63, 3.8) is 0 Å². The van der Waals surface area contributed by atoms with Crippen molar-refractivity contribution in [3.05, 3.63) is 86.1 Å². The number of aromatic nitrogens is 1. The van der Waals surface area contributed by atoms with Crippen molar-refractivity contribution < 1.29 is 31.2 Å². The Morgan fingerprint density at radius 1 is 1.00 bits per heavy atom. The van der Waals surface area contributed by atoms with Crippen LogP contribution in [-0.4, -0.2) is 25.1 Å². The summed E-state index contributed by atoms with van der Waals surface area (Å²) in [5, 5.41) is -0.788. The van der Waals surface area contributed by atoms with E-state index in [4.69, 9.17) is 40.5 Å². The van der Waals surface area contributed by atoms with E-state index in [2.05, 4.69) is 4.98 Å². The number of hydrogen-bond donors (Lipinski definition) is 2. The maximum absolute atomic E-state index is 13.2. The molecule has 184 valence electrons. The van der Waals surface area contributed by atoms with Crippen molar-refractivity contribution in [2.45, 2.75) is 17.5 Å². The molecule has 0 radical (unpaired) electrons. The normalized spacial score (nSPS) is 11.8. The summed E-state index contributed by atoms with van der Waals surface area (Å²) in [5.74, 6) is -1.51. The predicted octanol–water partition coefficient (Wildman–Crippen LogP) is 5.12. The van der Waals surface area contributed by atoms with Crippen molar-refractivity contribution in [1.82, 2.24) is 4.98 Å². The second-order valence-electron chi connectivity index (χ2n) is 7.08. The zero-order chi connectivity index (χ0) is 26.1. The minimum absolute atomic E-state index is 0.0266. The summed E-state index contributed by atoms with van der Waals surface area (Å²) in [6.07, 6.45) is -4.03. The fourth-order valence-corrected chi connectivity index (χ4v) is 4.64. The highest BCUT2D eigenvalue weighted by molar-refractivity contribution is 7.92. The molecule has 3 aromatic rings. The standard InChI is InChI=1S/C21H13Cl3F3N3O4S/c22-11-7-17(30-35(33,34)12-2-4-16(24)14(8-12)21(25,26)27)19(29-9-11)20(32)13-5-10(6-18(28)31)1-3-15(13)23/h1-5,7-9,30H,6H2,(H2,28,31). The van der Waals surface area contributed by atoms with Crippen molar-refractivity contribution in [2.75, 3.05) is 4.72 Å². The van der Waals surface area contributed by atoms with Crippen LogP contribution >= 0.6 is 34.8 Å². The van der Waals surface area contributed by atoms with E-state index in [0.29, 0.717) is 11.6 Å². The van der Waals surface area contributed by atoms with Gasteiger partial charge in [0.2, 0.25) is 11.7 Å². The number of hydrogen-bond acceptors (Lipinski definition) is 5. The maximum Gasteiger partial charge on any atom is 0.417 e. The molecule has 35 heavy (non-hydrogen) atoms. The van der Waals surface area contributed by atoms with Crippen LogP contribution in [0.5, 0.6) is 0 Å². The number of ketones is 1. The molecule has 1 amide bonds. The van der Waals surface area contributed by atoms with Gasteiger partial charge in [-0.25, -0.2) is 13.4 Å². The van der Waals surface area contributed by atoms with Crippen LogP contribution in [-0.2, 0) is 27.4 Å². The molecule has 14 heteroatoms. The molecule has 0 unspecified atom stereocenters. The van der Waals surface area contributed by atoms with E-state index in [1.807, 2.05) is 4.72 Å². The second-order valence-corrected chi connectivity index (χ2v) is 10.0. The Balaban J connectivity index is 2.06. The van der Waals surface area contributed by atoms with Crippen molar-refractivity contribution in [2.24, 2.45) is 5.73 Å². The van der Waals surface area contributed by atoms with Gasteiger partial charge in [0.25, 0.3) is 10.0 Å². The molecule has 0 spiro atoms. The SMILES string of the molecule is NC(=O)Cc1ccc(Cl)c(C(=O)c2ncc(Cl)cc2NS(=O)(=O)c2ccc(Cl)c(C(F)(F)F)c2)c1. The predicted molar refractivity (Wildman–Crippen MR) is 124 cm³/mol. The van der Waals surface area contributed by atoms with Crippen LogP contribution in [0.1, 0.15) is 27.2 Å². The average Bonchev–Trinajstić information content (AvgIpc) is 2.73. The summed E-state index contributed by atoms with van der Waals surface area (Å²) >= 11 is 17.6. The van der Waals surface area contributed by atoms with E-state index >= 15 is 0 Å². The van der Waals surface area contributed by atoms with Crippen LogP contribution in [0.3, 0.4) is 0 Å².